The number of rotatable bonds is 2. The molecular formula is C17H15B. The summed E-state index contributed by atoms with van der Waals surface area (Å²) in [6, 6.07) is 21.5. The van der Waals surface area contributed by atoms with Crippen LogP contribution in [0.4, 0.5) is 0 Å². The summed E-state index contributed by atoms with van der Waals surface area (Å²) >= 11 is 0. The van der Waals surface area contributed by atoms with E-state index >= 15 is 0 Å². The Morgan fingerprint density at radius 1 is 0.722 bits per heavy atom. The summed E-state index contributed by atoms with van der Waals surface area (Å²) in [5, 5.41) is 0. The zero-order valence-corrected chi connectivity index (χ0v) is 10.2. The van der Waals surface area contributed by atoms with Gasteiger partial charge >= 0.3 is 0 Å². The molecule has 1 aliphatic heterocycles. The molecule has 1 heteroatoms. The second-order valence-electron chi connectivity index (χ2n) is 4.64. The van der Waals surface area contributed by atoms with E-state index in [-0.39, 0.29) is 0 Å². The number of hydrogen-bond acceptors (Lipinski definition) is 0. The van der Waals surface area contributed by atoms with Gasteiger partial charge in [0.15, 0.2) is 0 Å². The third-order valence-corrected chi connectivity index (χ3v) is 3.50. The van der Waals surface area contributed by atoms with Gasteiger partial charge in [0, 0.05) is 0 Å². The standard InChI is InChI=1S/C17H15B/c1-3-9-15(10-4-1)17-13-7-8-14-18(17)16-11-5-2-6-12-16/h1-14,17H. The van der Waals surface area contributed by atoms with Crippen molar-refractivity contribution < 1.29 is 0 Å². The molecule has 0 N–H and O–H groups in total. The molecule has 1 atom stereocenters. The van der Waals surface area contributed by atoms with E-state index in [9.17, 15) is 0 Å². The molecule has 0 spiro atoms. The van der Waals surface area contributed by atoms with Crippen LogP contribution in [0.3, 0.4) is 0 Å². The Morgan fingerprint density at radius 2 is 1.39 bits per heavy atom. The molecule has 1 aliphatic rings. The summed E-state index contributed by atoms with van der Waals surface area (Å²) < 4.78 is 0. The molecule has 2 aromatic carbocycles. The van der Waals surface area contributed by atoms with E-state index in [1.165, 1.54) is 11.0 Å². The lowest BCUT2D eigenvalue weighted by Crippen LogP contribution is -2.35. The van der Waals surface area contributed by atoms with Crippen LogP contribution in [0.25, 0.3) is 0 Å². The lowest BCUT2D eigenvalue weighted by Gasteiger charge is -2.22. The van der Waals surface area contributed by atoms with Crippen LogP contribution in [-0.4, -0.2) is 6.71 Å². The molecule has 0 fully saturated rings. The fourth-order valence-electron chi connectivity index (χ4n) is 2.59. The molecule has 2 aromatic rings. The topological polar surface area (TPSA) is 0 Å². The van der Waals surface area contributed by atoms with E-state index in [1.807, 2.05) is 0 Å². The maximum atomic E-state index is 2.30. The third-order valence-electron chi connectivity index (χ3n) is 3.50. The summed E-state index contributed by atoms with van der Waals surface area (Å²) in [5.41, 5.74) is 2.76. The molecule has 0 nitrogen and oxygen atoms in total. The van der Waals surface area contributed by atoms with Crippen molar-refractivity contribution in [3.63, 3.8) is 0 Å². The summed E-state index contributed by atoms with van der Waals surface area (Å²) in [6.45, 7) is 0.443. The molecule has 0 saturated heterocycles. The van der Waals surface area contributed by atoms with Crippen molar-refractivity contribution in [3.05, 3.63) is 90.4 Å². The molecule has 18 heavy (non-hydrogen) atoms. The normalized spacial score (nSPS) is 18.0. The summed E-state index contributed by atoms with van der Waals surface area (Å²) in [6.07, 6.45) is 6.60. The summed E-state index contributed by atoms with van der Waals surface area (Å²) in [5.74, 6) is 2.74. The minimum Gasteiger partial charge on any atom is -0.109 e. The van der Waals surface area contributed by atoms with Gasteiger partial charge in [-0.2, -0.15) is 0 Å². The molecule has 0 bridgehead atoms. The number of benzene rings is 2. The first-order valence-corrected chi connectivity index (χ1v) is 6.40. The summed E-state index contributed by atoms with van der Waals surface area (Å²) in [7, 11) is 0. The van der Waals surface area contributed by atoms with E-state index in [2.05, 4.69) is 84.9 Å². The minimum atomic E-state index is 0.443. The Labute approximate surface area is 109 Å². The largest absolute Gasteiger partial charge is 0.212 e. The molecule has 0 saturated carbocycles. The maximum absolute atomic E-state index is 2.30. The van der Waals surface area contributed by atoms with Crippen LogP contribution in [0.15, 0.2) is 84.9 Å². The first-order valence-electron chi connectivity index (χ1n) is 6.40. The van der Waals surface area contributed by atoms with Gasteiger partial charge in [-0.05, 0) is 11.4 Å². The van der Waals surface area contributed by atoms with Crippen molar-refractivity contribution in [2.24, 2.45) is 0 Å². The highest BCUT2D eigenvalue weighted by molar-refractivity contribution is 6.79. The number of allylic oxidation sites excluding steroid dienone is 3. The molecule has 86 valence electrons. The molecule has 0 amide bonds. The second kappa shape index (κ2) is 5.09. The van der Waals surface area contributed by atoms with Gasteiger partial charge < -0.3 is 0 Å². The van der Waals surface area contributed by atoms with Crippen LogP contribution in [0.2, 0.25) is 0 Å². The lowest BCUT2D eigenvalue weighted by molar-refractivity contribution is 1.17. The monoisotopic (exact) mass is 230 g/mol. The van der Waals surface area contributed by atoms with E-state index < -0.39 is 0 Å². The maximum Gasteiger partial charge on any atom is 0.212 e. The lowest BCUT2D eigenvalue weighted by atomic mass is 9.35. The van der Waals surface area contributed by atoms with E-state index in [0.717, 1.165) is 0 Å². The Morgan fingerprint density at radius 3 is 2.11 bits per heavy atom. The van der Waals surface area contributed by atoms with Gasteiger partial charge in [0.05, 0.1) is 0 Å². The molecule has 0 radical (unpaired) electrons. The first kappa shape index (κ1) is 11.1. The number of hydrogen-bond donors (Lipinski definition) is 0. The first-order chi connectivity index (χ1) is 8.95. The fourth-order valence-corrected chi connectivity index (χ4v) is 2.59. The molecular weight excluding hydrogens is 215 g/mol. The van der Waals surface area contributed by atoms with Crippen LogP contribution in [0, 0.1) is 0 Å². The van der Waals surface area contributed by atoms with Gasteiger partial charge in [0.2, 0.25) is 6.71 Å². The Hall–Kier alpha value is -2.02. The van der Waals surface area contributed by atoms with E-state index in [4.69, 9.17) is 0 Å². The van der Waals surface area contributed by atoms with Crippen LogP contribution in [0.1, 0.15) is 11.4 Å². The highest BCUT2D eigenvalue weighted by Crippen LogP contribution is 2.23. The fraction of sp³-hybridized carbons (Fsp3) is 0.0588. The Balaban J connectivity index is 1.98. The van der Waals surface area contributed by atoms with E-state index in [1.54, 1.807) is 0 Å². The van der Waals surface area contributed by atoms with Gasteiger partial charge in [-0.1, -0.05) is 84.4 Å². The second-order valence-corrected chi connectivity index (χ2v) is 4.64. The van der Waals surface area contributed by atoms with Gasteiger partial charge in [-0.15, -0.1) is 5.98 Å². The minimum absolute atomic E-state index is 0.443. The quantitative estimate of drug-likeness (QED) is 0.694. The zero-order valence-electron chi connectivity index (χ0n) is 10.2. The van der Waals surface area contributed by atoms with Crippen molar-refractivity contribution >= 4 is 12.2 Å². The SMILES string of the molecule is C1=CB(c2ccccc2)C(c2ccccc2)C=C1. The molecule has 0 aromatic heterocycles. The average molecular weight is 230 g/mol. The van der Waals surface area contributed by atoms with Crippen molar-refractivity contribution in [2.75, 3.05) is 0 Å². The summed E-state index contributed by atoms with van der Waals surface area (Å²) in [4.78, 5) is 0. The smallest absolute Gasteiger partial charge is 0.109 e. The molecule has 1 unspecified atom stereocenters. The molecule has 3 rings (SSSR count). The van der Waals surface area contributed by atoms with Gasteiger partial charge in [0.25, 0.3) is 0 Å². The molecule has 1 heterocycles. The molecule has 0 aliphatic carbocycles. The highest BCUT2D eigenvalue weighted by Gasteiger charge is 2.25. The van der Waals surface area contributed by atoms with Crippen molar-refractivity contribution in [1.82, 2.24) is 0 Å². The predicted molar refractivity (Wildman–Crippen MR) is 79.3 cm³/mol. The highest BCUT2D eigenvalue weighted by atomic mass is 14.1. The van der Waals surface area contributed by atoms with Crippen molar-refractivity contribution in [2.45, 2.75) is 5.82 Å². The van der Waals surface area contributed by atoms with Crippen molar-refractivity contribution in [1.29, 1.82) is 0 Å². The Kier molecular flexibility index (Phi) is 3.14. The van der Waals surface area contributed by atoms with Crippen LogP contribution >= 0.6 is 0 Å². The predicted octanol–water partition coefficient (Wildman–Crippen LogP) is 3.38. The van der Waals surface area contributed by atoms with Gasteiger partial charge in [-0.3, -0.25) is 0 Å². The van der Waals surface area contributed by atoms with E-state index in [0.29, 0.717) is 12.5 Å². The van der Waals surface area contributed by atoms with Crippen LogP contribution < -0.4 is 5.46 Å². The third kappa shape index (κ3) is 2.17. The van der Waals surface area contributed by atoms with Gasteiger partial charge in [0.1, 0.15) is 0 Å². The Bertz CT molecular complexity index is 501. The average Bonchev–Trinajstić information content (AvgIpc) is 2.49. The zero-order chi connectivity index (χ0) is 12.2. The van der Waals surface area contributed by atoms with Gasteiger partial charge in [-0.25, -0.2) is 0 Å². The van der Waals surface area contributed by atoms with Crippen LogP contribution in [-0.2, 0) is 0 Å². The van der Waals surface area contributed by atoms with Crippen molar-refractivity contribution in [3.8, 4) is 0 Å². The van der Waals surface area contributed by atoms with Crippen LogP contribution in [0.5, 0.6) is 0 Å².